The molecule has 1 aliphatic heterocycles. The number of hydrogen-bond donors (Lipinski definition) is 8. The Labute approximate surface area is 234 Å². The Morgan fingerprint density at radius 1 is 0.950 bits per heavy atom. The summed E-state index contributed by atoms with van der Waals surface area (Å²) in [5.74, 6) is -3.03. The van der Waals surface area contributed by atoms with Crippen molar-refractivity contribution in [3.63, 3.8) is 0 Å². The second-order valence-electron chi connectivity index (χ2n) is 10.4. The van der Waals surface area contributed by atoms with Gasteiger partial charge < -0.3 is 43.2 Å². The number of benzene rings is 1. The molecular weight excluding hydrogens is 518 g/mol. The summed E-state index contributed by atoms with van der Waals surface area (Å²) < 4.78 is 0. The van der Waals surface area contributed by atoms with Gasteiger partial charge in [0.1, 0.15) is 24.2 Å². The van der Waals surface area contributed by atoms with Crippen LogP contribution in [0.3, 0.4) is 0 Å². The molecule has 0 aromatic heterocycles. The van der Waals surface area contributed by atoms with Crippen molar-refractivity contribution in [2.24, 2.45) is 17.4 Å². The third-order valence-electron chi connectivity index (χ3n) is 6.57. The molecule has 0 radical (unpaired) electrons. The van der Waals surface area contributed by atoms with Crippen molar-refractivity contribution in [1.29, 1.82) is 0 Å². The van der Waals surface area contributed by atoms with Crippen LogP contribution in [-0.2, 0) is 30.4 Å². The zero-order chi connectivity index (χ0) is 29.7. The maximum atomic E-state index is 13.4. The summed E-state index contributed by atoms with van der Waals surface area (Å²) in [6, 6.07) is 5.11. The molecule has 1 heterocycles. The largest absolute Gasteiger partial charge is 0.480 e. The van der Waals surface area contributed by atoms with E-state index in [1.165, 1.54) is 0 Å². The molecule has 2 rings (SSSR count). The summed E-state index contributed by atoms with van der Waals surface area (Å²) in [5, 5.41) is 22.9. The molecule has 0 bridgehead atoms. The van der Waals surface area contributed by atoms with E-state index >= 15 is 0 Å². The minimum atomic E-state index is -0.995. The fourth-order valence-electron chi connectivity index (χ4n) is 4.49. The molecule has 0 saturated carbocycles. The van der Waals surface area contributed by atoms with Crippen molar-refractivity contribution in [2.75, 3.05) is 19.6 Å². The Bertz CT molecular complexity index is 1010. The molecule has 0 unspecified atom stereocenters. The van der Waals surface area contributed by atoms with Gasteiger partial charge in [-0.25, -0.2) is 0 Å². The Kier molecular flexibility index (Phi) is 13.5. The Hall–Kier alpha value is -3.55. The first-order valence-corrected chi connectivity index (χ1v) is 13.6. The van der Waals surface area contributed by atoms with E-state index in [0.29, 0.717) is 25.9 Å². The highest BCUT2D eigenvalue weighted by Gasteiger charge is 2.33. The van der Waals surface area contributed by atoms with Gasteiger partial charge >= 0.3 is 5.97 Å². The highest BCUT2D eigenvalue weighted by Crippen LogP contribution is 2.11. The Morgan fingerprint density at radius 3 is 2.17 bits per heavy atom. The number of aliphatic carboxylic acids is 1. The number of amides is 4. The number of hydrogen-bond acceptors (Lipinski definition) is 8. The lowest BCUT2D eigenvalue weighted by Gasteiger charge is -2.27. The number of carbonyl (C=O) groups excluding carboxylic acids is 4. The molecule has 0 spiro atoms. The molecule has 1 aromatic rings. The molecule has 10 N–H and O–H groups in total. The molecule has 4 amide bonds. The van der Waals surface area contributed by atoms with Crippen molar-refractivity contribution in [3.8, 4) is 0 Å². The van der Waals surface area contributed by atoms with Crippen LogP contribution >= 0.6 is 0 Å². The summed E-state index contributed by atoms with van der Waals surface area (Å²) in [6.07, 6.45) is 1.44. The maximum absolute atomic E-state index is 13.4. The predicted molar refractivity (Wildman–Crippen MR) is 149 cm³/mol. The van der Waals surface area contributed by atoms with Gasteiger partial charge in [-0.1, -0.05) is 44.2 Å². The topological polar surface area (TPSA) is 218 Å². The van der Waals surface area contributed by atoms with E-state index in [4.69, 9.17) is 11.5 Å². The second-order valence-corrected chi connectivity index (χ2v) is 10.4. The SMILES string of the molecule is CC(C)C[C@@H](NC(=O)[C@@H](Cc1ccccc1)NC(=O)CN)C(=O)N[C@H](CCCN)C(=O)N[C@@H]1CN[C@H](C(=O)O)C1. The highest BCUT2D eigenvalue weighted by molar-refractivity contribution is 5.94. The number of nitrogens with two attached hydrogens (primary N) is 2. The molecule has 13 heteroatoms. The van der Waals surface area contributed by atoms with E-state index in [2.05, 4.69) is 26.6 Å². The van der Waals surface area contributed by atoms with Gasteiger partial charge in [0.05, 0.1) is 6.54 Å². The van der Waals surface area contributed by atoms with Gasteiger partial charge in [0.15, 0.2) is 0 Å². The van der Waals surface area contributed by atoms with Crippen LogP contribution in [0.2, 0.25) is 0 Å². The first-order valence-electron chi connectivity index (χ1n) is 13.6. The van der Waals surface area contributed by atoms with E-state index in [-0.39, 0.29) is 31.7 Å². The van der Waals surface area contributed by atoms with E-state index in [1.807, 2.05) is 44.2 Å². The lowest BCUT2D eigenvalue weighted by Crippen LogP contribution is -2.58. The normalized spacial score (nSPS) is 18.8. The van der Waals surface area contributed by atoms with E-state index in [1.54, 1.807) is 0 Å². The molecule has 1 aromatic carbocycles. The summed E-state index contributed by atoms with van der Waals surface area (Å²) in [5.41, 5.74) is 11.9. The molecule has 1 aliphatic rings. The summed E-state index contributed by atoms with van der Waals surface area (Å²) in [7, 11) is 0. The van der Waals surface area contributed by atoms with Crippen LogP contribution < -0.4 is 38.1 Å². The number of carboxylic acid groups (broad SMARTS) is 1. The van der Waals surface area contributed by atoms with E-state index < -0.39 is 59.8 Å². The van der Waals surface area contributed by atoms with Gasteiger partial charge in [0.2, 0.25) is 23.6 Å². The van der Waals surface area contributed by atoms with Gasteiger partial charge in [0, 0.05) is 19.0 Å². The van der Waals surface area contributed by atoms with Crippen molar-refractivity contribution < 1.29 is 29.1 Å². The average molecular weight is 562 g/mol. The number of rotatable bonds is 16. The van der Waals surface area contributed by atoms with Gasteiger partial charge in [-0.2, -0.15) is 0 Å². The lowest BCUT2D eigenvalue weighted by molar-refractivity contribution is -0.139. The third-order valence-corrected chi connectivity index (χ3v) is 6.57. The van der Waals surface area contributed by atoms with Crippen LogP contribution in [0.15, 0.2) is 30.3 Å². The number of carbonyl (C=O) groups is 5. The molecule has 13 nitrogen and oxygen atoms in total. The summed E-state index contributed by atoms with van der Waals surface area (Å²) in [6.45, 7) is 4.10. The maximum Gasteiger partial charge on any atom is 0.320 e. The zero-order valence-corrected chi connectivity index (χ0v) is 23.2. The molecule has 5 atom stereocenters. The van der Waals surface area contributed by atoms with Crippen LogP contribution in [0, 0.1) is 5.92 Å². The van der Waals surface area contributed by atoms with Gasteiger partial charge in [-0.05, 0) is 43.7 Å². The standard InChI is InChI=1S/C27H43N7O6/c1-16(2)11-20(34-26(38)21(32-23(35)14-29)12-17-7-4-3-5-8-17)25(37)33-19(9-6-10-28)24(36)31-18-13-22(27(39)40)30-15-18/h3-5,7-8,16,18-22,30H,6,9-15,28-29H2,1-2H3,(H,31,36)(H,32,35)(H,33,37)(H,34,38)(H,39,40)/t18-,19+,20+,21+,22-/m0/s1. The molecular formula is C27H43N7O6. The molecule has 1 fully saturated rings. The minimum absolute atomic E-state index is 0.0242. The summed E-state index contributed by atoms with van der Waals surface area (Å²) >= 11 is 0. The van der Waals surface area contributed by atoms with Crippen LogP contribution in [-0.4, -0.2) is 84.5 Å². The van der Waals surface area contributed by atoms with Gasteiger partial charge in [0.25, 0.3) is 0 Å². The van der Waals surface area contributed by atoms with E-state index in [0.717, 1.165) is 5.56 Å². The lowest BCUT2D eigenvalue weighted by atomic mass is 10.00. The minimum Gasteiger partial charge on any atom is -0.480 e. The zero-order valence-electron chi connectivity index (χ0n) is 23.2. The number of nitrogens with one attached hydrogen (secondary N) is 5. The van der Waals surface area contributed by atoms with Gasteiger partial charge in [-0.3, -0.25) is 24.0 Å². The van der Waals surface area contributed by atoms with Crippen LogP contribution in [0.25, 0.3) is 0 Å². The Morgan fingerprint density at radius 2 is 1.60 bits per heavy atom. The second kappa shape index (κ2) is 16.5. The van der Waals surface area contributed by atoms with Gasteiger partial charge in [-0.15, -0.1) is 0 Å². The fraction of sp³-hybridized carbons (Fsp3) is 0.593. The van der Waals surface area contributed by atoms with Crippen LogP contribution in [0.4, 0.5) is 0 Å². The monoisotopic (exact) mass is 561 g/mol. The predicted octanol–water partition coefficient (Wildman–Crippen LogP) is -1.64. The molecule has 40 heavy (non-hydrogen) atoms. The van der Waals surface area contributed by atoms with E-state index in [9.17, 15) is 29.1 Å². The number of carboxylic acids is 1. The van der Waals surface area contributed by atoms with Crippen LogP contribution in [0.1, 0.15) is 45.1 Å². The van der Waals surface area contributed by atoms with Crippen molar-refractivity contribution >= 4 is 29.6 Å². The summed E-state index contributed by atoms with van der Waals surface area (Å²) in [4.78, 5) is 63.0. The molecule has 0 aliphatic carbocycles. The third kappa shape index (κ3) is 10.9. The average Bonchev–Trinajstić information content (AvgIpc) is 3.39. The van der Waals surface area contributed by atoms with Crippen molar-refractivity contribution in [3.05, 3.63) is 35.9 Å². The van der Waals surface area contributed by atoms with Crippen molar-refractivity contribution in [2.45, 2.75) is 76.2 Å². The van der Waals surface area contributed by atoms with Crippen LogP contribution in [0.5, 0.6) is 0 Å². The first kappa shape index (κ1) is 32.7. The van der Waals surface area contributed by atoms with Crippen molar-refractivity contribution in [1.82, 2.24) is 26.6 Å². The smallest absolute Gasteiger partial charge is 0.320 e. The highest BCUT2D eigenvalue weighted by atomic mass is 16.4. The Balaban J connectivity index is 2.14. The molecule has 1 saturated heterocycles. The quantitative estimate of drug-likeness (QED) is 0.116. The fourth-order valence-corrected chi connectivity index (χ4v) is 4.49. The molecule has 222 valence electrons. The first-order chi connectivity index (χ1) is 19.0.